The minimum Gasteiger partial charge on any atom is -0.460 e. The van der Waals surface area contributed by atoms with E-state index in [2.05, 4.69) is 28.8 Å². The zero-order valence-electron chi connectivity index (χ0n) is 49.7. The van der Waals surface area contributed by atoms with Crippen molar-refractivity contribution in [3.8, 4) is 0 Å². The van der Waals surface area contributed by atoms with E-state index >= 15 is 0 Å². The summed E-state index contributed by atoms with van der Waals surface area (Å²) in [6.45, 7) is 28.5. The van der Waals surface area contributed by atoms with E-state index < -0.39 is 5.97 Å². The van der Waals surface area contributed by atoms with Crippen LogP contribution in [-0.2, 0) is 118 Å². The van der Waals surface area contributed by atoms with Crippen LogP contribution in [0.3, 0.4) is 0 Å². The van der Waals surface area contributed by atoms with Crippen LogP contribution in [0, 0.1) is 0 Å². The second-order valence-electron chi connectivity index (χ2n) is 16.9. The summed E-state index contributed by atoms with van der Waals surface area (Å²) in [6, 6.07) is 0. The highest BCUT2D eigenvalue weighted by molar-refractivity contribution is 5.81. The van der Waals surface area contributed by atoms with Gasteiger partial charge in [-0.1, -0.05) is 6.58 Å². The Labute approximate surface area is 488 Å². The largest absolute Gasteiger partial charge is 0.460 e. The molecule has 0 amide bonds. The molecule has 0 fully saturated rings. The molecule has 0 radical (unpaired) electrons. The minimum absolute atomic E-state index is 0.191. The molecule has 0 aromatic rings. The van der Waals surface area contributed by atoms with Crippen LogP contribution in [0.5, 0.6) is 0 Å². The van der Waals surface area contributed by atoms with Gasteiger partial charge in [0.05, 0.1) is 304 Å². The van der Waals surface area contributed by atoms with E-state index in [0.29, 0.717) is 297 Å². The third-order valence-corrected chi connectivity index (χ3v) is 10.4. The first kappa shape index (κ1) is 77.6. The lowest BCUT2D eigenvalue weighted by Crippen LogP contribution is -2.30. The Hall–Kier alpha value is -2.37. The second kappa shape index (κ2) is 69.4. The summed E-state index contributed by atoms with van der Waals surface area (Å²) in [7, 11) is 1.64. The summed E-state index contributed by atoms with van der Waals surface area (Å²) >= 11 is 0. The van der Waals surface area contributed by atoms with E-state index in [1.165, 1.54) is 0 Å². The molecule has 0 aromatic heterocycles. The number of rotatable bonds is 73. The van der Waals surface area contributed by atoms with Gasteiger partial charge in [0.2, 0.25) is 0 Å². The number of hydrogen-bond donors (Lipinski definition) is 0. The van der Waals surface area contributed by atoms with Crippen LogP contribution in [0.4, 0.5) is 0 Å². The standard InChI is InChI=1S/C55H106N2O25/c1-3-55(58)82-53-52-81-51-50-80-49-48-79-47-46-78-45-44-77-43-42-76-39-37-73-33-31-70-27-25-67-21-19-64-15-13-61-9-7-57-5-4-56(54-57)6-8-60-12-14-63-18-20-66-24-26-69-30-32-72-36-38-75-41-40-74-35-34-71-29-28-68-23-22-65-17-16-62-11-10-59-2/h3-5H,1,6-54H2,2H3. The first-order chi connectivity index (χ1) is 40.8. The topological polar surface area (TPSA) is 245 Å². The molecular weight excluding hydrogens is 1090 g/mol. The van der Waals surface area contributed by atoms with Crippen molar-refractivity contribution in [1.82, 2.24) is 9.80 Å². The fourth-order valence-corrected chi connectivity index (χ4v) is 6.18. The Bertz CT molecular complexity index is 1290. The van der Waals surface area contributed by atoms with Gasteiger partial charge in [0.15, 0.2) is 0 Å². The maximum absolute atomic E-state index is 10.9. The maximum atomic E-state index is 10.9. The highest BCUT2D eigenvalue weighted by Gasteiger charge is 2.11. The number of hydrogen-bond acceptors (Lipinski definition) is 27. The average molecular weight is 1200 g/mol. The Balaban J connectivity index is 1.65. The number of carbonyl (C=O) groups is 1. The lowest BCUT2D eigenvalue weighted by molar-refractivity contribution is -0.139. The zero-order valence-corrected chi connectivity index (χ0v) is 49.7. The van der Waals surface area contributed by atoms with Crippen molar-refractivity contribution >= 4 is 5.97 Å². The fraction of sp³-hybridized carbons (Fsp3) is 0.909. The molecule has 1 rings (SSSR count). The van der Waals surface area contributed by atoms with Crippen LogP contribution in [0.2, 0.25) is 0 Å². The predicted molar refractivity (Wildman–Crippen MR) is 298 cm³/mol. The van der Waals surface area contributed by atoms with E-state index in [0.717, 1.165) is 25.8 Å². The van der Waals surface area contributed by atoms with Gasteiger partial charge in [-0.05, 0) is 0 Å². The van der Waals surface area contributed by atoms with Gasteiger partial charge < -0.3 is 123 Å². The summed E-state index contributed by atoms with van der Waals surface area (Å²) in [5.41, 5.74) is 0. The van der Waals surface area contributed by atoms with Crippen molar-refractivity contribution in [3.63, 3.8) is 0 Å². The van der Waals surface area contributed by atoms with E-state index in [1.807, 2.05) is 0 Å². The SMILES string of the molecule is C=CC(=O)OCCOCCOCCOCCOCCOCCOCCOCCOCCOCCOCCOCCN1C=CN(CCOCCOCCOCCOCCOCCOCCOCCOCCOCCOCCOCCOC)C1. The molecule has 1 heterocycles. The van der Waals surface area contributed by atoms with E-state index in [9.17, 15) is 4.79 Å². The summed E-state index contributed by atoms with van der Waals surface area (Å²) in [4.78, 5) is 15.3. The van der Waals surface area contributed by atoms with E-state index in [4.69, 9.17) is 114 Å². The van der Waals surface area contributed by atoms with Crippen molar-refractivity contribution in [2.75, 3.05) is 331 Å². The molecule has 0 saturated carbocycles. The summed E-state index contributed by atoms with van der Waals surface area (Å²) < 4.78 is 131. The van der Waals surface area contributed by atoms with Gasteiger partial charge in [0.25, 0.3) is 0 Å². The molecule has 0 aromatic carbocycles. The highest BCUT2D eigenvalue weighted by atomic mass is 16.6. The van der Waals surface area contributed by atoms with Gasteiger partial charge in [-0.2, -0.15) is 0 Å². The van der Waals surface area contributed by atoms with Crippen LogP contribution in [-0.4, -0.2) is 347 Å². The second-order valence-corrected chi connectivity index (χ2v) is 16.9. The van der Waals surface area contributed by atoms with Crippen LogP contribution >= 0.6 is 0 Å². The first-order valence-corrected chi connectivity index (χ1v) is 28.9. The molecule has 27 heteroatoms. The van der Waals surface area contributed by atoms with Gasteiger partial charge in [-0.3, -0.25) is 0 Å². The minimum atomic E-state index is -0.464. The monoisotopic (exact) mass is 1190 g/mol. The molecule has 0 aliphatic carbocycles. The molecule has 0 bridgehead atoms. The molecule has 0 N–H and O–H groups in total. The highest BCUT2D eigenvalue weighted by Crippen LogP contribution is 2.06. The molecule has 27 nitrogen and oxygen atoms in total. The predicted octanol–water partition coefficient (Wildman–Crippen LogP) is 0.773. The van der Waals surface area contributed by atoms with Crippen molar-refractivity contribution in [2.24, 2.45) is 0 Å². The zero-order chi connectivity index (χ0) is 58.5. The molecule has 1 aliphatic heterocycles. The van der Waals surface area contributed by atoms with Crippen LogP contribution in [0.1, 0.15) is 0 Å². The Kier molecular flexibility index (Phi) is 65.7. The van der Waals surface area contributed by atoms with Crippen molar-refractivity contribution in [3.05, 3.63) is 25.1 Å². The van der Waals surface area contributed by atoms with E-state index in [1.54, 1.807) is 7.11 Å². The fourth-order valence-electron chi connectivity index (χ4n) is 6.18. The third-order valence-electron chi connectivity index (χ3n) is 10.4. The van der Waals surface area contributed by atoms with Gasteiger partial charge in [0, 0.05) is 38.7 Å². The van der Waals surface area contributed by atoms with Gasteiger partial charge >= 0.3 is 5.97 Å². The normalized spacial score (nSPS) is 12.5. The summed E-state index contributed by atoms with van der Waals surface area (Å²) in [5.74, 6) is -0.464. The lowest BCUT2D eigenvalue weighted by Gasteiger charge is -2.21. The maximum Gasteiger partial charge on any atom is 0.330 e. The van der Waals surface area contributed by atoms with Gasteiger partial charge in [-0.25, -0.2) is 4.79 Å². The summed E-state index contributed by atoms with van der Waals surface area (Å²) in [6.07, 6.45) is 5.26. The molecule has 1 aliphatic rings. The lowest BCUT2D eigenvalue weighted by atomic mass is 10.6. The Morgan fingerprint density at radius 1 is 0.280 bits per heavy atom. The molecule has 0 saturated heterocycles. The van der Waals surface area contributed by atoms with Crippen LogP contribution in [0.15, 0.2) is 25.1 Å². The average Bonchev–Trinajstić information content (AvgIpc) is 3.99. The molecule has 0 unspecified atom stereocenters. The van der Waals surface area contributed by atoms with Gasteiger partial charge in [-0.15, -0.1) is 0 Å². The van der Waals surface area contributed by atoms with Crippen molar-refractivity contribution < 1.29 is 118 Å². The van der Waals surface area contributed by atoms with E-state index in [-0.39, 0.29) is 6.61 Å². The Morgan fingerprint density at radius 3 is 0.610 bits per heavy atom. The van der Waals surface area contributed by atoms with Crippen LogP contribution < -0.4 is 0 Å². The van der Waals surface area contributed by atoms with Gasteiger partial charge in [0.1, 0.15) is 6.61 Å². The number of esters is 1. The number of ether oxygens (including phenoxy) is 24. The first-order valence-electron chi connectivity index (χ1n) is 28.9. The Morgan fingerprint density at radius 2 is 0.439 bits per heavy atom. The molecule has 0 spiro atoms. The van der Waals surface area contributed by atoms with Crippen LogP contribution in [0.25, 0.3) is 0 Å². The molecule has 0 atom stereocenters. The number of methoxy groups -OCH3 is 1. The van der Waals surface area contributed by atoms with Crippen molar-refractivity contribution in [2.45, 2.75) is 0 Å². The van der Waals surface area contributed by atoms with Crippen molar-refractivity contribution in [1.29, 1.82) is 0 Å². The summed E-state index contributed by atoms with van der Waals surface area (Å²) in [5, 5.41) is 0. The number of carbonyl (C=O) groups excluding carboxylic acids is 1. The smallest absolute Gasteiger partial charge is 0.330 e. The molecular formula is C55H106N2O25. The third kappa shape index (κ3) is 63.6. The number of nitrogens with zero attached hydrogens (tertiary/aromatic N) is 2. The molecule has 82 heavy (non-hydrogen) atoms. The molecule has 486 valence electrons. The quantitative estimate of drug-likeness (QED) is 0.0464.